The molecule has 2 aromatic rings. The fraction of sp³-hybridized carbons (Fsp3) is 0.300. The number of carbonyl (C=O) groups excluding carboxylic acids is 2. The molecule has 1 N–H and O–H groups in total. The van der Waals surface area contributed by atoms with Crippen molar-refractivity contribution < 1.29 is 22.7 Å². The molecule has 0 unspecified atom stereocenters. The number of hydrogen-bond acceptors (Lipinski definition) is 6. The van der Waals surface area contributed by atoms with Gasteiger partial charge in [-0.1, -0.05) is 30.3 Å². The van der Waals surface area contributed by atoms with Gasteiger partial charge in [-0.15, -0.1) is 11.3 Å². The average Bonchev–Trinajstić information content (AvgIpc) is 3.27. The maximum atomic E-state index is 12.1. The van der Waals surface area contributed by atoms with E-state index < -0.39 is 33.9 Å². The highest BCUT2D eigenvalue weighted by molar-refractivity contribution is 7.91. The first-order valence-corrected chi connectivity index (χ1v) is 11.5. The van der Waals surface area contributed by atoms with Crippen molar-refractivity contribution in [1.82, 2.24) is 5.32 Å². The molecular formula is C20H21NO5S2. The predicted octanol–water partition coefficient (Wildman–Crippen LogP) is 2.66. The third-order valence-electron chi connectivity index (χ3n) is 4.31. The van der Waals surface area contributed by atoms with E-state index in [-0.39, 0.29) is 11.5 Å². The van der Waals surface area contributed by atoms with Crippen LogP contribution in [0.3, 0.4) is 0 Å². The fourth-order valence-corrected chi connectivity index (χ4v) is 5.43. The van der Waals surface area contributed by atoms with Crippen LogP contribution in [0.25, 0.3) is 16.5 Å². The van der Waals surface area contributed by atoms with Gasteiger partial charge < -0.3 is 10.1 Å². The summed E-state index contributed by atoms with van der Waals surface area (Å²) in [7, 11) is -3.08. The zero-order chi connectivity index (χ0) is 20.1. The lowest BCUT2D eigenvalue weighted by atomic mass is 10.2. The number of benzene rings is 1. The van der Waals surface area contributed by atoms with Gasteiger partial charge >= 0.3 is 5.97 Å². The number of nitrogens with one attached hydrogen (secondary N) is 1. The van der Waals surface area contributed by atoms with Crippen LogP contribution in [-0.2, 0) is 24.2 Å². The molecule has 0 radical (unpaired) electrons. The van der Waals surface area contributed by atoms with Gasteiger partial charge in [0.15, 0.2) is 15.9 Å². The van der Waals surface area contributed by atoms with Crippen LogP contribution in [0.15, 0.2) is 48.5 Å². The minimum atomic E-state index is -3.08. The molecule has 1 amide bonds. The zero-order valence-corrected chi connectivity index (χ0v) is 17.0. The van der Waals surface area contributed by atoms with Crippen LogP contribution in [0.1, 0.15) is 18.2 Å². The molecule has 0 spiro atoms. The van der Waals surface area contributed by atoms with Crippen molar-refractivity contribution in [3.63, 3.8) is 0 Å². The number of sulfone groups is 1. The van der Waals surface area contributed by atoms with Gasteiger partial charge in [-0.2, -0.15) is 0 Å². The first-order valence-electron chi connectivity index (χ1n) is 8.87. The molecule has 1 aromatic heterocycles. The average molecular weight is 420 g/mol. The van der Waals surface area contributed by atoms with Crippen LogP contribution in [0.4, 0.5) is 0 Å². The fourth-order valence-electron chi connectivity index (χ4n) is 2.84. The van der Waals surface area contributed by atoms with Gasteiger partial charge in [-0.25, -0.2) is 13.2 Å². The van der Waals surface area contributed by atoms with E-state index in [4.69, 9.17) is 4.74 Å². The monoisotopic (exact) mass is 419 g/mol. The van der Waals surface area contributed by atoms with Crippen LogP contribution in [0, 0.1) is 0 Å². The van der Waals surface area contributed by atoms with E-state index in [0.717, 1.165) is 15.3 Å². The molecule has 1 fully saturated rings. The summed E-state index contributed by atoms with van der Waals surface area (Å²) in [6, 6.07) is 13.4. The number of carbonyl (C=O) groups is 2. The first-order chi connectivity index (χ1) is 13.3. The van der Waals surface area contributed by atoms with Gasteiger partial charge in [0.25, 0.3) is 5.91 Å². The molecular weight excluding hydrogens is 398 g/mol. The predicted molar refractivity (Wildman–Crippen MR) is 110 cm³/mol. The third kappa shape index (κ3) is 5.53. The van der Waals surface area contributed by atoms with Crippen molar-refractivity contribution in [1.29, 1.82) is 0 Å². The van der Waals surface area contributed by atoms with Crippen molar-refractivity contribution in [2.75, 3.05) is 11.5 Å². The van der Waals surface area contributed by atoms with E-state index >= 15 is 0 Å². The summed E-state index contributed by atoms with van der Waals surface area (Å²) in [5.74, 6) is -1.12. The Morgan fingerprint density at radius 1 is 1.21 bits per heavy atom. The summed E-state index contributed by atoms with van der Waals surface area (Å²) < 4.78 is 28.0. The lowest BCUT2D eigenvalue weighted by Gasteiger charge is -2.15. The van der Waals surface area contributed by atoms with Gasteiger partial charge in [0.05, 0.1) is 11.5 Å². The molecule has 28 heavy (non-hydrogen) atoms. The minimum absolute atomic E-state index is 0.0680. The molecule has 1 aliphatic heterocycles. The van der Waals surface area contributed by atoms with Gasteiger partial charge in [0, 0.05) is 21.9 Å². The summed E-state index contributed by atoms with van der Waals surface area (Å²) in [6.07, 6.45) is 2.32. The van der Waals surface area contributed by atoms with Crippen LogP contribution >= 0.6 is 11.3 Å². The Labute approximate surface area is 168 Å². The second kappa shape index (κ2) is 8.70. The first kappa shape index (κ1) is 20.3. The molecule has 0 bridgehead atoms. The lowest BCUT2D eigenvalue weighted by molar-refractivity contribution is -0.150. The summed E-state index contributed by atoms with van der Waals surface area (Å²) in [4.78, 5) is 26.0. The molecule has 2 atom stereocenters. The SMILES string of the molecule is C[C@@H](OC(=O)/C=C/c1ccc(-c2ccccc2)s1)C(=O)N[C@@H]1CCS(=O)(=O)C1. The molecule has 2 heterocycles. The highest BCUT2D eigenvalue weighted by atomic mass is 32.2. The number of rotatable bonds is 6. The molecule has 1 aliphatic rings. The molecule has 1 saturated heterocycles. The molecule has 1 aromatic carbocycles. The molecule has 0 aliphatic carbocycles. The van der Waals surface area contributed by atoms with Crippen molar-refractivity contribution in [2.24, 2.45) is 0 Å². The highest BCUT2D eigenvalue weighted by Crippen LogP contribution is 2.28. The molecule has 6 nitrogen and oxygen atoms in total. The van der Waals surface area contributed by atoms with E-state index in [1.165, 1.54) is 13.0 Å². The number of ether oxygens (including phenoxy) is 1. The lowest BCUT2D eigenvalue weighted by Crippen LogP contribution is -2.42. The van der Waals surface area contributed by atoms with Crippen LogP contribution in [-0.4, -0.2) is 43.9 Å². The molecule has 3 rings (SSSR count). The summed E-state index contributed by atoms with van der Waals surface area (Å²) in [6.45, 7) is 1.46. The largest absolute Gasteiger partial charge is 0.449 e. The standard InChI is InChI=1S/C20H21NO5S2/c1-14(20(23)21-16-11-12-28(24,25)13-16)26-19(22)10-8-17-7-9-18(27-17)15-5-3-2-4-6-15/h2-10,14,16H,11-13H2,1H3,(H,21,23)/b10-8+/t14-,16-/m1/s1. The van der Waals surface area contributed by atoms with Crippen molar-refractivity contribution in [2.45, 2.75) is 25.5 Å². The topological polar surface area (TPSA) is 89.5 Å². The van der Waals surface area contributed by atoms with Gasteiger partial charge in [0.1, 0.15) is 0 Å². The van der Waals surface area contributed by atoms with Crippen LogP contribution < -0.4 is 5.32 Å². The van der Waals surface area contributed by atoms with Crippen molar-refractivity contribution in [3.05, 3.63) is 53.4 Å². The van der Waals surface area contributed by atoms with E-state index in [2.05, 4.69) is 5.32 Å². The van der Waals surface area contributed by atoms with Gasteiger partial charge in [-0.05, 0) is 37.1 Å². The van der Waals surface area contributed by atoms with Crippen LogP contribution in [0.5, 0.6) is 0 Å². The smallest absolute Gasteiger partial charge is 0.331 e. The highest BCUT2D eigenvalue weighted by Gasteiger charge is 2.30. The Hall–Kier alpha value is -2.45. The molecule has 8 heteroatoms. The second-order valence-electron chi connectivity index (χ2n) is 6.59. The zero-order valence-electron chi connectivity index (χ0n) is 15.3. The van der Waals surface area contributed by atoms with Gasteiger partial charge in [-0.3, -0.25) is 4.79 Å². The van der Waals surface area contributed by atoms with E-state index in [1.807, 2.05) is 42.5 Å². The number of hydrogen-bond donors (Lipinski definition) is 1. The Kier molecular flexibility index (Phi) is 6.31. The van der Waals surface area contributed by atoms with E-state index in [0.29, 0.717) is 6.42 Å². The Morgan fingerprint density at radius 3 is 2.64 bits per heavy atom. The van der Waals surface area contributed by atoms with Crippen molar-refractivity contribution in [3.8, 4) is 10.4 Å². The normalized spacial score (nSPS) is 19.4. The summed E-state index contributed by atoms with van der Waals surface area (Å²) in [5.41, 5.74) is 1.11. The molecule has 0 saturated carbocycles. The van der Waals surface area contributed by atoms with Gasteiger partial charge in [0.2, 0.25) is 0 Å². The maximum absolute atomic E-state index is 12.1. The Bertz CT molecular complexity index is 979. The summed E-state index contributed by atoms with van der Waals surface area (Å²) >= 11 is 1.54. The number of esters is 1. The molecule has 148 valence electrons. The van der Waals surface area contributed by atoms with E-state index in [9.17, 15) is 18.0 Å². The Morgan fingerprint density at radius 2 is 1.96 bits per heavy atom. The third-order valence-corrected chi connectivity index (χ3v) is 7.18. The maximum Gasteiger partial charge on any atom is 0.331 e. The Balaban J connectivity index is 1.51. The van der Waals surface area contributed by atoms with Crippen LogP contribution in [0.2, 0.25) is 0 Å². The van der Waals surface area contributed by atoms with Crippen molar-refractivity contribution >= 4 is 39.1 Å². The summed E-state index contributed by atoms with van der Waals surface area (Å²) in [5, 5.41) is 2.62. The minimum Gasteiger partial charge on any atom is -0.449 e. The number of amides is 1. The quantitative estimate of drug-likeness (QED) is 0.574. The van der Waals surface area contributed by atoms with E-state index in [1.54, 1.807) is 17.4 Å². The second-order valence-corrected chi connectivity index (χ2v) is 9.93. The number of thiophene rings is 1.